The Kier molecular flexibility index (Phi) is 8.63. The van der Waals surface area contributed by atoms with E-state index < -0.39 is 27.2 Å². The van der Waals surface area contributed by atoms with Gasteiger partial charge < -0.3 is 18.6 Å². The van der Waals surface area contributed by atoms with Crippen LogP contribution in [0.3, 0.4) is 0 Å². The van der Waals surface area contributed by atoms with Crippen molar-refractivity contribution < 1.29 is 26.7 Å². The second-order valence-corrected chi connectivity index (χ2v) is 13.2. The van der Waals surface area contributed by atoms with Gasteiger partial charge in [-0.25, -0.2) is 21.2 Å². The van der Waals surface area contributed by atoms with E-state index in [0.717, 1.165) is 21.7 Å². The summed E-state index contributed by atoms with van der Waals surface area (Å²) in [5.41, 5.74) is 1.06. The molecular weight excluding hydrogens is 640 g/mol. The first-order chi connectivity index (χ1) is 22.9. The Morgan fingerprint density at radius 1 is 0.771 bits per heavy atom. The monoisotopic (exact) mass is 671 g/mol. The molecule has 48 heavy (non-hydrogen) atoms. The van der Waals surface area contributed by atoms with Crippen LogP contribution >= 0.6 is 0 Å². The van der Waals surface area contributed by atoms with Crippen LogP contribution in [0.15, 0.2) is 106 Å². The zero-order chi connectivity index (χ0) is 34.3. The number of pyridine rings is 2. The number of methoxy groups -OCH3 is 1. The van der Waals surface area contributed by atoms with Gasteiger partial charge in [0, 0.05) is 67.8 Å². The van der Waals surface area contributed by atoms with Crippen molar-refractivity contribution in [3.05, 3.63) is 129 Å². The van der Waals surface area contributed by atoms with Crippen LogP contribution in [0.2, 0.25) is 0 Å². The average molecular weight is 672 g/mol. The molecule has 0 amide bonds. The molecule has 0 fully saturated rings. The third kappa shape index (κ3) is 5.84. The standard InChI is InChI=1S/C36H31F2N3O6S/c1-22-8-11-26(12-9-22)48(44,45)41-33(27-13-10-24(37)17-32(27)38)18-29-31(21-40(3)36(43)35(29)41)28-19-34(42)39(2)20-30(28)23-6-5-7-25(16-23)47-15-14-46-4/h5-13,16-21H,14-15H2,1-4H3. The Hall–Kier alpha value is -5.33. The molecule has 0 saturated carbocycles. The van der Waals surface area contributed by atoms with Crippen molar-refractivity contribution in [2.45, 2.75) is 11.8 Å². The van der Waals surface area contributed by atoms with Crippen LogP contribution < -0.4 is 15.9 Å². The Labute approximate surface area is 274 Å². The van der Waals surface area contributed by atoms with Crippen LogP contribution in [0.1, 0.15) is 5.56 Å². The molecule has 0 aliphatic rings. The SMILES string of the molecule is COCCOc1cccc(-c2cn(C)c(=O)cc2-c2cn(C)c(=O)c3c2cc(-c2ccc(F)cc2F)n3S(=O)(=O)c2ccc(C)cc2)c1. The summed E-state index contributed by atoms with van der Waals surface area (Å²) in [6.07, 6.45) is 3.15. The Bertz CT molecular complexity index is 2430. The molecule has 6 rings (SSSR count). The van der Waals surface area contributed by atoms with Gasteiger partial charge in [0.25, 0.3) is 21.1 Å². The summed E-state index contributed by atoms with van der Waals surface area (Å²) >= 11 is 0. The number of benzene rings is 3. The number of hydrogen-bond donors (Lipinski definition) is 0. The van der Waals surface area contributed by atoms with Crippen molar-refractivity contribution in [3.8, 4) is 39.3 Å². The lowest BCUT2D eigenvalue weighted by atomic mass is 9.95. The molecule has 0 atom stereocenters. The highest BCUT2D eigenvalue weighted by molar-refractivity contribution is 7.90. The highest BCUT2D eigenvalue weighted by atomic mass is 32.2. The second-order valence-electron chi connectivity index (χ2n) is 11.4. The van der Waals surface area contributed by atoms with E-state index in [1.807, 2.05) is 6.07 Å². The van der Waals surface area contributed by atoms with Gasteiger partial charge in [-0.15, -0.1) is 0 Å². The second kappa shape index (κ2) is 12.7. The minimum atomic E-state index is -4.53. The molecule has 12 heteroatoms. The fraction of sp³-hybridized carbons (Fsp3) is 0.167. The van der Waals surface area contributed by atoms with E-state index in [2.05, 4.69) is 0 Å². The van der Waals surface area contributed by atoms with E-state index in [1.165, 1.54) is 46.6 Å². The van der Waals surface area contributed by atoms with Crippen molar-refractivity contribution in [1.29, 1.82) is 0 Å². The van der Waals surface area contributed by atoms with Gasteiger partial charge in [-0.3, -0.25) is 9.59 Å². The topological polar surface area (TPSA) is 102 Å². The Morgan fingerprint density at radius 2 is 1.50 bits per heavy atom. The molecule has 9 nitrogen and oxygen atoms in total. The molecule has 0 unspecified atom stereocenters. The van der Waals surface area contributed by atoms with Crippen LogP contribution in [-0.4, -0.2) is 41.8 Å². The van der Waals surface area contributed by atoms with Crippen molar-refractivity contribution >= 4 is 20.9 Å². The summed E-state index contributed by atoms with van der Waals surface area (Å²) in [5.74, 6) is -1.31. The molecule has 0 bridgehead atoms. The lowest BCUT2D eigenvalue weighted by Gasteiger charge is -2.16. The van der Waals surface area contributed by atoms with Crippen molar-refractivity contribution in [2.24, 2.45) is 14.1 Å². The van der Waals surface area contributed by atoms with E-state index in [9.17, 15) is 22.4 Å². The highest BCUT2D eigenvalue weighted by Gasteiger charge is 2.29. The van der Waals surface area contributed by atoms with Gasteiger partial charge in [0.05, 0.1) is 17.2 Å². The summed E-state index contributed by atoms with van der Waals surface area (Å²) in [7, 11) is 0.107. The number of fused-ring (bicyclic) bond motifs is 1. The van der Waals surface area contributed by atoms with Crippen molar-refractivity contribution in [1.82, 2.24) is 13.1 Å². The number of nitrogens with zero attached hydrogens (tertiary/aromatic N) is 3. The van der Waals surface area contributed by atoms with Gasteiger partial charge in [-0.05, 0) is 60.5 Å². The molecule has 0 N–H and O–H groups in total. The van der Waals surface area contributed by atoms with Crippen molar-refractivity contribution in [3.63, 3.8) is 0 Å². The predicted octanol–water partition coefficient (Wildman–Crippen LogP) is 5.89. The fourth-order valence-corrected chi connectivity index (χ4v) is 7.15. The van der Waals surface area contributed by atoms with E-state index in [1.54, 1.807) is 57.6 Å². The molecule has 0 radical (unpaired) electrons. The minimum absolute atomic E-state index is 0.138. The lowest BCUT2D eigenvalue weighted by Crippen LogP contribution is -2.23. The summed E-state index contributed by atoms with van der Waals surface area (Å²) in [6.45, 7) is 2.49. The molecule has 0 aliphatic carbocycles. The Balaban J connectivity index is 1.71. The van der Waals surface area contributed by atoms with E-state index in [0.29, 0.717) is 47.3 Å². The molecule has 0 spiro atoms. The maximum absolute atomic E-state index is 15.4. The summed E-state index contributed by atoms with van der Waals surface area (Å²) < 4.78 is 72.5. The molecular formula is C36H31F2N3O6S. The summed E-state index contributed by atoms with van der Waals surface area (Å²) in [4.78, 5) is 26.9. The molecule has 3 aromatic heterocycles. The van der Waals surface area contributed by atoms with E-state index in [-0.39, 0.29) is 32.6 Å². The van der Waals surface area contributed by atoms with E-state index in [4.69, 9.17) is 9.47 Å². The number of ether oxygens (including phenoxy) is 2. The maximum Gasteiger partial charge on any atom is 0.275 e. The van der Waals surface area contributed by atoms with Crippen LogP contribution in [-0.2, 0) is 28.9 Å². The zero-order valence-electron chi connectivity index (χ0n) is 26.5. The van der Waals surface area contributed by atoms with Crippen molar-refractivity contribution in [2.75, 3.05) is 20.3 Å². The van der Waals surface area contributed by atoms with Gasteiger partial charge >= 0.3 is 0 Å². The quantitative estimate of drug-likeness (QED) is 0.178. The fourth-order valence-electron chi connectivity index (χ4n) is 5.63. The number of aryl methyl sites for hydroxylation is 3. The van der Waals surface area contributed by atoms with Crippen LogP contribution in [0, 0.1) is 18.6 Å². The van der Waals surface area contributed by atoms with Crippen LogP contribution in [0.25, 0.3) is 44.4 Å². The number of rotatable bonds is 9. The first-order valence-electron chi connectivity index (χ1n) is 14.9. The van der Waals surface area contributed by atoms with Gasteiger partial charge in [0.2, 0.25) is 0 Å². The zero-order valence-corrected chi connectivity index (χ0v) is 27.3. The van der Waals surface area contributed by atoms with E-state index >= 15 is 4.39 Å². The number of aromatic nitrogens is 3. The molecule has 6 aromatic rings. The summed E-state index contributed by atoms with van der Waals surface area (Å²) in [5, 5.41) is 0.148. The molecule has 246 valence electrons. The number of halogens is 2. The first-order valence-corrected chi connectivity index (χ1v) is 16.3. The predicted molar refractivity (Wildman–Crippen MR) is 180 cm³/mol. The average Bonchev–Trinajstić information content (AvgIpc) is 3.46. The normalized spacial score (nSPS) is 11.7. The lowest BCUT2D eigenvalue weighted by molar-refractivity contribution is 0.146. The first kappa shape index (κ1) is 32.6. The van der Waals surface area contributed by atoms with Gasteiger partial charge in [0.15, 0.2) is 0 Å². The minimum Gasteiger partial charge on any atom is -0.491 e. The largest absolute Gasteiger partial charge is 0.491 e. The molecule has 0 aliphatic heterocycles. The smallest absolute Gasteiger partial charge is 0.275 e. The molecule has 3 aromatic carbocycles. The maximum atomic E-state index is 15.4. The van der Waals surface area contributed by atoms with Crippen LogP contribution in [0.4, 0.5) is 8.78 Å². The number of hydrogen-bond acceptors (Lipinski definition) is 6. The van der Waals surface area contributed by atoms with Crippen LogP contribution in [0.5, 0.6) is 5.75 Å². The van der Waals surface area contributed by atoms with Gasteiger partial charge in [0.1, 0.15) is 29.5 Å². The molecule has 3 heterocycles. The highest BCUT2D eigenvalue weighted by Crippen LogP contribution is 2.40. The van der Waals surface area contributed by atoms with Gasteiger partial charge in [-0.2, -0.15) is 0 Å². The third-order valence-corrected chi connectivity index (χ3v) is 9.81. The molecule has 0 saturated heterocycles. The summed E-state index contributed by atoms with van der Waals surface area (Å²) in [6, 6.07) is 18.8. The van der Waals surface area contributed by atoms with Gasteiger partial charge in [-0.1, -0.05) is 29.8 Å². The Morgan fingerprint density at radius 3 is 2.21 bits per heavy atom. The third-order valence-electron chi connectivity index (χ3n) is 8.08.